The number of rotatable bonds is 4. The molecule has 0 bridgehead atoms. The van der Waals surface area contributed by atoms with Gasteiger partial charge in [0.1, 0.15) is 0 Å². The number of morpholine rings is 1. The first kappa shape index (κ1) is 21.0. The Morgan fingerprint density at radius 2 is 1.74 bits per heavy atom. The first-order chi connectivity index (χ1) is 13.1. The number of benzene rings is 1. The quantitative estimate of drug-likeness (QED) is 0.814. The van der Waals surface area contributed by atoms with E-state index in [0.717, 1.165) is 36.6 Å². The highest BCUT2D eigenvalue weighted by Crippen LogP contribution is 2.26. The summed E-state index contributed by atoms with van der Waals surface area (Å²) in [6.45, 7) is 11.7. The molecule has 6 nitrogen and oxygen atoms in total. The number of anilines is 2. The van der Waals surface area contributed by atoms with Crippen molar-refractivity contribution in [1.82, 2.24) is 4.90 Å². The molecule has 0 spiro atoms. The van der Waals surface area contributed by atoms with E-state index >= 15 is 0 Å². The predicted molar refractivity (Wildman–Crippen MR) is 109 cm³/mol. The van der Waals surface area contributed by atoms with Gasteiger partial charge in [-0.25, -0.2) is 0 Å². The second-order valence-corrected chi connectivity index (χ2v) is 6.21. The van der Waals surface area contributed by atoms with Crippen LogP contribution in [0.25, 0.3) is 0 Å². The molecule has 2 aliphatic rings. The Bertz CT molecular complexity index is 664. The van der Waals surface area contributed by atoms with Gasteiger partial charge in [-0.1, -0.05) is 19.9 Å². The second-order valence-electron chi connectivity index (χ2n) is 6.21. The van der Waals surface area contributed by atoms with Crippen LogP contribution in [0, 0.1) is 0 Å². The third-order valence-electron chi connectivity index (χ3n) is 4.68. The lowest BCUT2D eigenvalue weighted by Gasteiger charge is -2.35. The van der Waals surface area contributed by atoms with E-state index in [2.05, 4.69) is 4.90 Å². The highest BCUT2D eigenvalue weighted by molar-refractivity contribution is 6.06. The minimum absolute atomic E-state index is 0.0156. The summed E-state index contributed by atoms with van der Waals surface area (Å²) in [5.41, 5.74) is 2.50. The van der Waals surface area contributed by atoms with Gasteiger partial charge in [0.2, 0.25) is 5.91 Å². The summed E-state index contributed by atoms with van der Waals surface area (Å²) in [6.07, 6.45) is 2.88. The van der Waals surface area contributed by atoms with Crippen LogP contribution < -0.4 is 9.80 Å². The van der Waals surface area contributed by atoms with E-state index in [-0.39, 0.29) is 11.8 Å². The maximum atomic E-state index is 12.9. The molecule has 27 heavy (non-hydrogen) atoms. The fourth-order valence-corrected chi connectivity index (χ4v) is 3.37. The van der Waals surface area contributed by atoms with Gasteiger partial charge in [0, 0.05) is 44.5 Å². The summed E-state index contributed by atoms with van der Waals surface area (Å²) in [5, 5.41) is 0. The Morgan fingerprint density at radius 1 is 1.11 bits per heavy atom. The van der Waals surface area contributed by atoms with Crippen LogP contribution in [-0.2, 0) is 14.3 Å². The van der Waals surface area contributed by atoms with Crippen molar-refractivity contribution in [2.24, 2.45) is 0 Å². The van der Waals surface area contributed by atoms with Crippen LogP contribution in [0.15, 0.2) is 36.0 Å². The van der Waals surface area contributed by atoms with Crippen LogP contribution in [-0.4, -0.2) is 56.1 Å². The van der Waals surface area contributed by atoms with Crippen LogP contribution in [0.4, 0.5) is 11.4 Å². The van der Waals surface area contributed by atoms with Crippen molar-refractivity contribution >= 4 is 23.2 Å². The smallest absolute Gasteiger partial charge is 0.274 e. The van der Waals surface area contributed by atoms with E-state index in [1.165, 1.54) is 0 Å². The lowest BCUT2D eigenvalue weighted by atomic mass is 10.1. The van der Waals surface area contributed by atoms with Gasteiger partial charge in [-0.3, -0.25) is 9.59 Å². The SMILES string of the molecule is CC.CCN(C(C)=O)c1ccc(N2CCC=C(N3CCOCC3)C2=O)cc1. The van der Waals surface area contributed by atoms with Gasteiger partial charge < -0.3 is 19.4 Å². The number of hydrogen-bond acceptors (Lipinski definition) is 4. The van der Waals surface area contributed by atoms with Crippen LogP contribution in [0.1, 0.15) is 34.1 Å². The standard InChI is InChI=1S/C19H25N3O3.C2H6/c1-3-21(15(2)23)16-6-8-17(9-7-16)22-10-4-5-18(19(22)24)20-11-13-25-14-12-20;1-2/h5-9H,3-4,10-14H2,1-2H3;1-2H3. The number of amides is 2. The average Bonchev–Trinajstić information content (AvgIpc) is 2.71. The van der Waals surface area contributed by atoms with E-state index < -0.39 is 0 Å². The van der Waals surface area contributed by atoms with Gasteiger partial charge in [-0.15, -0.1) is 0 Å². The molecule has 2 aliphatic heterocycles. The molecule has 1 aromatic rings. The molecule has 1 fully saturated rings. The van der Waals surface area contributed by atoms with Crippen molar-refractivity contribution in [2.45, 2.75) is 34.1 Å². The van der Waals surface area contributed by atoms with Gasteiger partial charge in [-0.05, 0) is 37.6 Å². The van der Waals surface area contributed by atoms with Gasteiger partial charge in [0.25, 0.3) is 5.91 Å². The van der Waals surface area contributed by atoms with Crippen LogP contribution in [0.2, 0.25) is 0 Å². The Morgan fingerprint density at radius 3 is 2.30 bits per heavy atom. The highest BCUT2D eigenvalue weighted by atomic mass is 16.5. The molecule has 1 aromatic carbocycles. The van der Waals surface area contributed by atoms with Crippen LogP contribution >= 0.6 is 0 Å². The van der Waals surface area contributed by atoms with Crippen molar-refractivity contribution < 1.29 is 14.3 Å². The van der Waals surface area contributed by atoms with Crippen molar-refractivity contribution in [3.05, 3.63) is 36.0 Å². The van der Waals surface area contributed by atoms with Crippen molar-refractivity contribution in [2.75, 3.05) is 49.2 Å². The maximum Gasteiger partial charge on any atom is 0.274 e. The molecule has 2 amide bonds. The van der Waals surface area contributed by atoms with Gasteiger partial charge in [0.05, 0.1) is 18.9 Å². The topological polar surface area (TPSA) is 53.1 Å². The minimum Gasteiger partial charge on any atom is -0.378 e. The van der Waals surface area contributed by atoms with E-state index in [0.29, 0.717) is 26.3 Å². The van der Waals surface area contributed by atoms with Gasteiger partial charge in [-0.2, -0.15) is 0 Å². The summed E-state index contributed by atoms with van der Waals surface area (Å²) >= 11 is 0. The van der Waals surface area contributed by atoms with Crippen LogP contribution in [0.3, 0.4) is 0 Å². The zero-order chi connectivity index (χ0) is 19.8. The molecule has 0 atom stereocenters. The van der Waals surface area contributed by atoms with Crippen LogP contribution in [0.5, 0.6) is 0 Å². The van der Waals surface area contributed by atoms with E-state index in [9.17, 15) is 9.59 Å². The molecule has 0 unspecified atom stereocenters. The fraction of sp³-hybridized carbons (Fsp3) is 0.524. The maximum absolute atomic E-state index is 12.9. The summed E-state index contributed by atoms with van der Waals surface area (Å²) in [6, 6.07) is 7.64. The van der Waals surface area contributed by atoms with Gasteiger partial charge >= 0.3 is 0 Å². The Balaban J connectivity index is 0.00000126. The molecular formula is C21H31N3O3. The number of ether oxygens (including phenoxy) is 1. The van der Waals surface area contributed by atoms with E-state index in [4.69, 9.17) is 4.74 Å². The molecule has 6 heteroatoms. The molecule has 0 N–H and O–H groups in total. The zero-order valence-corrected chi connectivity index (χ0v) is 16.9. The highest BCUT2D eigenvalue weighted by Gasteiger charge is 2.28. The summed E-state index contributed by atoms with van der Waals surface area (Å²) in [7, 11) is 0. The Labute approximate surface area is 162 Å². The predicted octanol–water partition coefficient (Wildman–Crippen LogP) is 3.04. The summed E-state index contributed by atoms with van der Waals surface area (Å²) in [5.74, 6) is 0.0571. The molecule has 0 radical (unpaired) electrons. The minimum atomic E-state index is 0.0156. The number of carbonyl (C=O) groups is 2. The molecule has 3 rings (SSSR count). The summed E-state index contributed by atoms with van der Waals surface area (Å²) < 4.78 is 5.38. The zero-order valence-electron chi connectivity index (χ0n) is 16.9. The Hall–Kier alpha value is -2.34. The number of nitrogens with zero attached hydrogens (tertiary/aromatic N) is 3. The van der Waals surface area contributed by atoms with Crippen molar-refractivity contribution in [3.8, 4) is 0 Å². The lowest BCUT2D eigenvalue weighted by Crippen LogP contribution is -2.45. The third kappa shape index (κ3) is 4.89. The second kappa shape index (κ2) is 10.1. The van der Waals surface area contributed by atoms with Crippen molar-refractivity contribution in [3.63, 3.8) is 0 Å². The molecular weight excluding hydrogens is 342 g/mol. The molecule has 0 aromatic heterocycles. The monoisotopic (exact) mass is 373 g/mol. The average molecular weight is 373 g/mol. The van der Waals surface area contributed by atoms with Crippen molar-refractivity contribution in [1.29, 1.82) is 0 Å². The normalized spacial score (nSPS) is 17.0. The molecule has 1 saturated heterocycles. The largest absolute Gasteiger partial charge is 0.378 e. The number of hydrogen-bond donors (Lipinski definition) is 0. The number of carbonyl (C=O) groups excluding carboxylic acids is 2. The molecule has 148 valence electrons. The third-order valence-corrected chi connectivity index (χ3v) is 4.68. The lowest BCUT2D eigenvalue weighted by molar-refractivity contribution is -0.118. The molecule has 0 saturated carbocycles. The molecule has 0 aliphatic carbocycles. The fourth-order valence-electron chi connectivity index (χ4n) is 3.37. The first-order valence-electron chi connectivity index (χ1n) is 9.84. The van der Waals surface area contributed by atoms with Gasteiger partial charge in [0.15, 0.2) is 0 Å². The molecule has 2 heterocycles. The first-order valence-corrected chi connectivity index (χ1v) is 9.84. The van der Waals surface area contributed by atoms with E-state index in [1.807, 2.05) is 56.0 Å². The summed E-state index contributed by atoms with van der Waals surface area (Å²) in [4.78, 5) is 30.2. The Kier molecular flexibility index (Phi) is 7.85. The van der Waals surface area contributed by atoms with E-state index in [1.54, 1.807) is 11.8 Å².